The molecular weight excluding hydrogens is 571 g/mol. The van der Waals surface area contributed by atoms with Crippen molar-refractivity contribution in [2.24, 2.45) is 23.7 Å². The van der Waals surface area contributed by atoms with Crippen molar-refractivity contribution in [2.75, 3.05) is 6.67 Å². The third kappa shape index (κ3) is 10.1. The average molecular weight is 611 g/mol. The molecule has 0 N–H and O–H groups in total. The highest BCUT2D eigenvalue weighted by atomic mass is 19.4. The van der Waals surface area contributed by atoms with Crippen molar-refractivity contribution in [2.45, 2.75) is 96.8 Å². The zero-order chi connectivity index (χ0) is 30.9. The van der Waals surface area contributed by atoms with E-state index in [0.717, 1.165) is 24.2 Å². The molecule has 2 aromatic carbocycles. The van der Waals surface area contributed by atoms with Gasteiger partial charge in [-0.25, -0.2) is 22.0 Å². The third-order valence-corrected chi connectivity index (χ3v) is 8.69. The van der Waals surface area contributed by atoms with E-state index in [-0.39, 0.29) is 30.9 Å². The van der Waals surface area contributed by atoms with Crippen LogP contribution < -0.4 is 4.74 Å². The fourth-order valence-electron chi connectivity index (χ4n) is 6.47. The number of unbranched alkanes of at least 4 members (excludes halogenated alkanes) is 2. The predicted octanol–water partition coefficient (Wildman–Crippen LogP) is 11.5. The van der Waals surface area contributed by atoms with Gasteiger partial charge < -0.3 is 4.74 Å². The molecule has 4 rings (SSSR count). The first-order valence-corrected chi connectivity index (χ1v) is 14.9. The molecule has 0 spiro atoms. The Labute approximate surface area is 241 Å². The number of alkyl halides is 4. The third-order valence-electron chi connectivity index (χ3n) is 8.69. The number of hydrogen-bond donors (Lipinski definition) is 0. The Hall–Kier alpha value is -2.39. The molecule has 2 aromatic rings. The van der Waals surface area contributed by atoms with Crippen molar-refractivity contribution in [3.8, 4) is 16.9 Å². The molecule has 0 atom stereocenters. The summed E-state index contributed by atoms with van der Waals surface area (Å²) < 4.78 is 118. The molecule has 0 unspecified atom stereocenters. The van der Waals surface area contributed by atoms with E-state index in [1.165, 1.54) is 77.0 Å². The Kier molecular flexibility index (Phi) is 12.9. The molecule has 0 aliphatic heterocycles. The summed E-state index contributed by atoms with van der Waals surface area (Å²) in [6.07, 6.45) is 12.6. The van der Waals surface area contributed by atoms with Crippen LogP contribution in [0.4, 0.5) is 39.5 Å². The molecule has 0 amide bonds. The highest BCUT2D eigenvalue weighted by Crippen LogP contribution is 2.43. The molecule has 2 saturated carbocycles. The number of halogens is 9. The maximum atomic E-state index is 13.5. The van der Waals surface area contributed by atoms with Crippen LogP contribution in [0.15, 0.2) is 24.3 Å². The van der Waals surface area contributed by atoms with E-state index in [1.807, 2.05) is 0 Å². The van der Waals surface area contributed by atoms with Gasteiger partial charge in [0.1, 0.15) is 17.5 Å². The summed E-state index contributed by atoms with van der Waals surface area (Å²) in [6, 6.07) is 0.996. The van der Waals surface area contributed by atoms with Crippen LogP contribution in [0.25, 0.3) is 11.1 Å². The van der Waals surface area contributed by atoms with Crippen LogP contribution in [0.2, 0.25) is 0 Å². The Morgan fingerprint density at radius 3 is 1.57 bits per heavy atom. The summed E-state index contributed by atoms with van der Waals surface area (Å²) in [5, 5.41) is 0. The Morgan fingerprint density at radius 1 is 0.667 bits per heavy atom. The van der Waals surface area contributed by atoms with Crippen LogP contribution in [-0.4, -0.2) is 13.0 Å². The lowest BCUT2D eigenvalue weighted by molar-refractivity contribution is -0.276. The summed E-state index contributed by atoms with van der Waals surface area (Å²) in [4.78, 5) is 0. The molecule has 0 heterocycles. The second-order valence-electron chi connectivity index (χ2n) is 11.6. The minimum atomic E-state index is -5.35. The number of benzene rings is 2. The lowest BCUT2D eigenvalue weighted by Gasteiger charge is -2.37. The Morgan fingerprint density at radius 2 is 1.14 bits per heavy atom. The molecule has 10 heteroatoms. The molecule has 2 aliphatic carbocycles. The Bertz CT molecular complexity index is 1070. The van der Waals surface area contributed by atoms with Crippen LogP contribution >= 0.6 is 0 Å². The zero-order valence-electron chi connectivity index (χ0n) is 23.8. The summed E-state index contributed by atoms with van der Waals surface area (Å²) in [5.41, 5.74) is -1.74. The van der Waals surface area contributed by atoms with Crippen LogP contribution in [0.1, 0.15) is 90.4 Å². The maximum absolute atomic E-state index is 13.5. The van der Waals surface area contributed by atoms with Crippen molar-refractivity contribution in [1.82, 2.24) is 0 Å². The van der Waals surface area contributed by atoms with Gasteiger partial charge in [-0.2, -0.15) is 0 Å². The smallest absolute Gasteiger partial charge is 0.399 e. The molecule has 2 fully saturated rings. The zero-order valence-corrected chi connectivity index (χ0v) is 23.8. The maximum Gasteiger partial charge on any atom is 0.573 e. The van der Waals surface area contributed by atoms with E-state index in [9.17, 15) is 39.5 Å². The Balaban J connectivity index is 0.000000231. The predicted molar refractivity (Wildman–Crippen MR) is 144 cm³/mol. The number of rotatable bonds is 9. The van der Waals surface area contributed by atoms with Gasteiger partial charge in [-0.15, -0.1) is 13.2 Å². The van der Waals surface area contributed by atoms with Gasteiger partial charge in [0.05, 0.1) is 12.2 Å². The van der Waals surface area contributed by atoms with Gasteiger partial charge in [-0.05, 0) is 73.5 Å². The van der Waals surface area contributed by atoms with Crippen LogP contribution in [-0.2, 0) is 0 Å². The number of hydrogen-bond acceptors (Lipinski definition) is 1. The van der Waals surface area contributed by atoms with E-state index in [0.29, 0.717) is 5.92 Å². The minimum Gasteiger partial charge on any atom is -0.399 e. The van der Waals surface area contributed by atoms with Crippen LogP contribution in [0, 0.1) is 52.8 Å². The van der Waals surface area contributed by atoms with Crippen molar-refractivity contribution in [3.63, 3.8) is 0 Å². The molecule has 236 valence electrons. The van der Waals surface area contributed by atoms with E-state index in [1.54, 1.807) is 0 Å². The molecule has 0 aromatic heterocycles. The minimum absolute atomic E-state index is 0.0990. The van der Waals surface area contributed by atoms with Crippen molar-refractivity contribution >= 4 is 0 Å². The monoisotopic (exact) mass is 610 g/mol. The highest BCUT2D eigenvalue weighted by Gasteiger charge is 2.34. The first-order chi connectivity index (χ1) is 19.9. The van der Waals surface area contributed by atoms with Crippen molar-refractivity contribution < 1.29 is 44.3 Å². The molecule has 0 radical (unpaired) electrons. The van der Waals surface area contributed by atoms with Gasteiger partial charge in [0.15, 0.2) is 11.6 Å². The van der Waals surface area contributed by atoms with E-state index in [2.05, 4.69) is 11.7 Å². The molecule has 42 heavy (non-hydrogen) atoms. The van der Waals surface area contributed by atoms with Crippen molar-refractivity contribution in [3.05, 3.63) is 53.4 Å². The number of ether oxygens (including phenoxy) is 1. The largest absolute Gasteiger partial charge is 0.573 e. The summed E-state index contributed by atoms with van der Waals surface area (Å²) in [5.74, 6) is -5.86. The normalized spacial score (nSPS) is 22.8. The van der Waals surface area contributed by atoms with Gasteiger partial charge in [0, 0.05) is 12.1 Å². The lowest BCUT2D eigenvalue weighted by atomic mass is 9.68. The SMILES string of the molecule is CCCCCC1CCC(C2CCC(CCF)CC2)CC1.Fc1cc(F)c(-c2cc(F)c(OC(F)(F)F)c(F)c2)c(F)c1. The second-order valence-corrected chi connectivity index (χ2v) is 11.6. The second kappa shape index (κ2) is 15.9. The van der Waals surface area contributed by atoms with Crippen LogP contribution in [0.5, 0.6) is 5.75 Å². The topological polar surface area (TPSA) is 9.23 Å². The summed E-state index contributed by atoms with van der Waals surface area (Å²) in [6.45, 7) is 2.20. The molecule has 2 aliphatic rings. The lowest BCUT2D eigenvalue weighted by Crippen LogP contribution is -2.26. The standard InChI is InChI=1S/C19H35F.C13H4F8O/c1-2-3-4-5-16-6-10-18(11-7-16)19-12-8-17(9-13-19)14-15-20;14-6-3-7(15)11(8(16)4-6)5-1-9(17)12(10(18)2-5)22-13(19,20)21/h16-19H,2-15H2,1H3;1-4H. The highest BCUT2D eigenvalue weighted by molar-refractivity contribution is 5.66. The van der Waals surface area contributed by atoms with E-state index >= 15 is 0 Å². The summed E-state index contributed by atoms with van der Waals surface area (Å²) in [7, 11) is 0. The first-order valence-electron chi connectivity index (χ1n) is 14.9. The molecule has 0 saturated heterocycles. The molecule has 0 bridgehead atoms. The molecule has 1 nitrogen and oxygen atoms in total. The van der Waals surface area contributed by atoms with Crippen molar-refractivity contribution in [1.29, 1.82) is 0 Å². The van der Waals surface area contributed by atoms with Gasteiger partial charge in [-0.3, -0.25) is 4.39 Å². The van der Waals surface area contributed by atoms with Crippen LogP contribution in [0.3, 0.4) is 0 Å². The average Bonchev–Trinajstić information content (AvgIpc) is 2.91. The van der Waals surface area contributed by atoms with E-state index in [4.69, 9.17) is 0 Å². The quantitative estimate of drug-likeness (QED) is 0.203. The van der Waals surface area contributed by atoms with Gasteiger partial charge in [-0.1, -0.05) is 58.3 Å². The van der Waals surface area contributed by atoms with Gasteiger partial charge >= 0.3 is 6.36 Å². The fourth-order valence-corrected chi connectivity index (χ4v) is 6.47. The summed E-state index contributed by atoms with van der Waals surface area (Å²) >= 11 is 0. The fraction of sp³-hybridized carbons (Fsp3) is 0.625. The van der Waals surface area contributed by atoms with E-state index < -0.39 is 52.3 Å². The van der Waals surface area contributed by atoms with Gasteiger partial charge in [0.25, 0.3) is 0 Å². The van der Waals surface area contributed by atoms with Gasteiger partial charge in [0.2, 0.25) is 5.75 Å². The molecular formula is C32H39F9O. The first kappa shape index (κ1) is 34.1.